The average molecular weight is 376 g/mol. The summed E-state index contributed by atoms with van der Waals surface area (Å²) in [6.07, 6.45) is 0. The van der Waals surface area contributed by atoms with Crippen molar-refractivity contribution in [3.63, 3.8) is 0 Å². The number of aryl methyl sites for hydroxylation is 2. The molecule has 0 aliphatic rings. The van der Waals surface area contributed by atoms with Gasteiger partial charge in [-0.1, -0.05) is 30.3 Å². The molecule has 1 aromatic heterocycles. The number of amides is 1. The fraction of sp³-hybridized carbons (Fsp3) is 0.227. The third kappa shape index (κ3) is 4.46. The molecule has 0 saturated heterocycles. The van der Waals surface area contributed by atoms with E-state index in [2.05, 4.69) is 20.6 Å². The van der Waals surface area contributed by atoms with E-state index < -0.39 is 0 Å². The lowest BCUT2D eigenvalue weighted by Crippen LogP contribution is -2.16. The van der Waals surface area contributed by atoms with E-state index in [1.807, 2.05) is 56.3 Å². The standard InChI is InChI=1S/C22H24N4O2/c1-14-8-7-10-18(15(14)2)26-22(27)19-12-21(25-16(3)24-19)23-13-17-9-5-6-11-20(17)28-4/h5-12H,13H2,1-4H3,(H,26,27)(H,23,24,25). The van der Waals surface area contributed by atoms with Gasteiger partial charge in [-0.25, -0.2) is 9.97 Å². The van der Waals surface area contributed by atoms with Gasteiger partial charge in [0.1, 0.15) is 23.1 Å². The van der Waals surface area contributed by atoms with Crippen LogP contribution in [0.3, 0.4) is 0 Å². The van der Waals surface area contributed by atoms with Crippen LogP contribution >= 0.6 is 0 Å². The number of carbonyl (C=O) groups is 1. The van der Waals surface area contributed by atoms with E-state index in [-0.39, 0.29) is 5.91 Å². The monoisotopic (exact) mass is 376 g/mol. The summed E-state index contributed by atoms with van der Waals surface area (Å²) in [7, 11) is 1.64. The first-order chi connectivity index (χ1) is 13.5. The molecule has 6 nitrogen and oxygen atoms in total. The molecular weight excluding hydrogens is 352 g/mol. The zero-order valence-electron chi connectivity index (χ0n) is 16.5. The Bertz CT molecular complexity index is 1000. The Labute approximate surface area is 165 Å². The SMILES string of the molecule is COc1ccccc1CNc1cc(C(=O)Nc2cccc(C)c2C)nc(C)n1. The lowest BCUT2D eigenvalue weighted by molar-refractivity contribution is 0.102. The topological polar surface area (TPSA) is 76.1 Å². The van der Waals surface area contributed by atoms with Gasteiger partial charge in [-0.2, -0.15) is 0 Å². The molecule has 0 bridgehead atoms. The van der Waals surface area contributed by atoms with Crippen LogP contribution in [0.2, 0.25) is 0 Å². The molecule has 6 heteroatoms. The summed E-state index contributed by atoms with van der Waals surface area (Å²) < 4.78 is 5.37. The molecule has 2 aromatic carbocycles. The van der Waals surface area contributed by atoms with E-state index >= 15 is 0 Å². The maximum atomic E-state index is 12.7. The maximum Gasteiger partial charge on any atom is 0.274 e. The molecule has 0 atom stereocenters. The number of benzene rings is 2. The number of aromatic nitrogens is 2. The third-order valence-corrected chi connectivity index (χ3v) is 4.58. The Balaban J connectivity index is 1.77. The van der Waals surface area contributed by atoms with Crippen molar-refractivity contribution >= 4 is 17.4 Å². The van der Waals surface area contributed by atoms with Gasteiger partial charge >= 0.3 is 0 Å². The summed E-state index contributed by atoms with van der Waals surface area (Å²) in [5.74, 6) is 1.65. The van der Waals surface area contributed by atoms with Crippen LogP contribution in [0.4, 0.5) is 11.5 Å². The number of nitrogens with zero attached hydrogens (tertiary/aromatic N) is 2. The van der Waals surface area contributed by atoms with Crippen LogP contribution in [0.15, 0.2) is 48.5 Å². The summed E-state index contributed by atoms with van der Waals surface area (Å²) in [4.78, 5) is 21.4. The highest BCUT2D eigenvalue weighted by Crippen LogP contribution is 2.20. The second-order valence-corrected chi connectivity index (χ2v) is 6.55. The molecule has 3 rings (SSSR count). The summed E-state index contributed by atoms with van der Waals surface area (Å²) in [6.45, 7) is 6.29. The van der Waals surface area contributed by atoms with Gasteiger partial charge in [0.25, 0.3) is 5.91 Å². The van der Waals surface area contributed by atoms with Gasteiger partial charge in [0, 0.05) is 23.9 Å². The van der Waals surface area contributed by atoms with Crippen LogP contribution in [-0.2, 0) is 6.54 Å². The minimum atomic E-state index is -0.264. The predicted molar refractivity (Wildman–Crippen MR) is 111 cm³/mol. The predicted octanol–water partition coefficient (Wildman–Crippen LogP) is 4.27. The fourth-order valence-corrected chi connectivity index (χ4v) is 2.88. The highest BCUT2D eigenvalue weighted by atomic mass is 16.5. The van der Waals surface area contributed by atoms with E-state index in [1.54, 1.807) is 20.1 Å². The average Bonchev–Trinajstić information content (AvgIpc) is 2.69. The molecule has 0 saturated carbocycles. The number of nitrogens with one attached hydrogen (secondary N) is 2. The van der Waals surface area contributed by atoms with E-state index in [9.17, 15) is 4.79 Å². The van der Waals surface area contributed by atoms with E-state index in [1.165, 1.54) is 0 Å². The van der Waals surface area contributed by atoms with Gasteiger partial charge in [0.05, 0.1) is 7.11 Å². The van der Waals surface area contributed by atoms with Crippen LogP contribution < -0.4 is 15.4 Å². The van der Waals surface area contributed by atoms with Crippen molar-refractivity contribution in [2.45, 2.75) is 27.3 Å². The first-order valence-corrected chi connectivity index (χ1v) is 9.07. The number of hydrogen-bond acceptors (Lipinski definition) is 5. The van der Waals surface area contributed by atoms with Crippen molar-refractivity contribution < 1.29 is 9.53 Å². The van der Waals surface area contributed by atoms with Crippen molar-refractivity contribution in [2.24, 2.45) is 0 Å². The Kier molecular flexibility index (Phi) is 5.89. The number of ether oxygens (including phenoxy) is 1. The van der Waals surface area contributed by atoms with E-state index in [0.717, 1.165) is 28.1 Å². The number of carbonyl (C=O) groups excluding carboxylic acids is 1. The molecule has 0 spiro atoms. The van der Waals surface area contributed by atoms with Crippen LogP contribution in [0.25, 0.3) is 0 Å². The highest BCUT2D eigenvalue weighted by molar-refractivity contribution is 6.03. The number of hydrogen-bond donors (Lipinski definition) is 2. The smallest absolute Gasteiger partial charge is 0.274 e. The van der Waals surface area contributed by atoms with E-state index in [4.69, 9.17) is 4.74 Å². The van der Waals surface area contributed by atoms with Gasteiger partial charge in [0.15, 0.2) is 0 Å². The molecule has 0 fully saturated rings. The zero-order valence-corrected chi connectivity index (χ0v) is 16.5. The van der Waals surface area contributed by atoms with Crippen molar-refractivity contribution in [1.82, 2.24) is 9.97 Å². The van der Waals surface area contributed by atoms with E-state index in [0.29, 0.717) is 23.9 Å². The van der Waals surface area contributed by atoms with Crippen LogP contribution in [-0.4, -0.2) is 23.0 Å². The molecule has 0 aliphatic carbocycles. The van der Waals surface area contributed by atoms with Gasteiger partial charge in [-0.05, 0) is 44.0 Å². The fourth-order valence-electron chi connectivity index (χ4n) is 2.88. The molecule has 1 amide bonds. The Hall–Kier alpha value is -3.41. The first-order valence-electron chi connectivity index (χ1n) is 9.07. The summed E-state index contributed by atoms with van der Waals surface area (Å²) in [5.41, 5.74) is 4.26. The largest absolute Gasteiger partial charge is 0.496 e. The Morgan fingerprint density at radius 3 is 2.61 bits per heavy atom. The second kappa shape index (κ2) is 8.52. The minimum Gasteiger partial charge on any atom is -0.496 e. The van der Waals surface area contributed by atoms with Crippen LogP contribution in [0.1, 0.15) is 33.0 Å². The molecular formula is C22H24N4O2. The van der Waals surface area contributed by atoms with Crippen molar-refractivity contribution in [3.8, 4) is 5.75 Å². The summed E-state index contributed by atoms with van der Waals surface area (Å²) in [5, 5.41) is 6.18. The second-order valence-electron chi connectivity index (χ2n) is 6.55. The van der Waals surface area contributed by atoms with Gasteiger partial charge in [-0.15, -0.1) is 0 Å². The molecule has 0 unspecified atom stereocenters. The summed E-state index contributed by atoms with van der Waals surface area (Å²) in [6, 6.07) is 15.2. The van der Waals surface area contributed by atoms with Gasteiger partial charge in [-0.3, -0.25) is 4.79 Å². The number of para-hydroxylation sites is 1. The molecule has 3 aromatic rings. The van der Waals surface area contributed by atoms with Crippen molar-refractivity contribution in [2.75, 3.05) is 17.7 Å². The number of anilines is 2. The van der Waals surface area contributed by atoms with Crippen molar-refractivity contribution in [3.05, 3.63) is 76.7 Å². The lowest BCUT2D eigenvalue weighted by atomic mass is 10.1. The molecule has 28 heavy (non-hydrogen) atoms. The first kappa shape index (κ1) is 19.4. The highest BCUT2D eigenvalue weighted by Gasteiger charge is 2.13. The van der Waals surface area contributed by atoms with Crippen LogP contribution in [0.5, 0.6) is 5.75 Å². The maximum absolute atomic E-state index is 12.7. The Morgan fingerprint density at radius 1 is 1.04 bits per heavy atom. The zero-order chi connectivity index (χ0) is 20.1. The Morgan fingerprint density at radius 2 is 1.82 bits per heavy atom. The number of rotatable bonds is 6. The molecule has 2 N–H and O–H groups in total. The molecule has 0 radical (unpaired) electrons. The van der Waals surface area contributed by atoms with Gasteiger partial charge in [0.2, 0.25) is 0 Å². The van der Waals surface area contributed by atoms with Crippen molar-refractivity contribution in [1.29, 1.82) is 0 Å². The van der Waals surface area contributed by atoms with Gasteiger partial charge < -0.3 is 15.4 Å². The quantitative estimate of drug-likeness (QED) is 0.672. The lowest BCUT2D eigenvalue weighted by Gasteiger charge is -2.12. The molecule has 0 aliphatic heterocycles. The normalized spacial score (nSPS) is 10.4. The third-order valence-electron chi connectivity index (χ3n) is 4.58. The number of methoxy groups -OCH3 is 1. The molecule has 1 heterocycles. The summed E-state index contributed by atoms with van der Waals surface area (Å²) >= 11 is 0. The van der Waals surface area contributed by atoms with Crippen LogP contribution in [0, 0.1) is 20.8 Å². The minimum absolute atomic E-state index is 0.264. The molecule has 144 valence electrons.